The van der Waals surface area contributed by atoms with E-state index in [0.29, 0.717) is 11.4 Å². The van der Waals surface area contributed by atoms with Crippen LogP contribution < -0.4 is 0 Å². The molecule has 0 amide bonds. The van der Waals surface area contributed by atoms with Gasteiger partial charge >= 0.3 is 0 Å². The summed E-state index contributed by atoms with van der Waals surface area (Å²) in [4.78, 5) is 11.9. The van der Waals surface area contributed by atoms with Crippen molar-refractivity contribution >= 4 is 12.6 Å². The van der Waals surface area contributed by atoms with E-state index in [-0.39, 0.29) is 5.60 Å². The van der Waals surface area contributed by atoms with E-state index < -0.39 is 0 Å². The smallest absolute Gasteiger partial charge is 0.115 e. The Kier molecular flexibility index (Phi) is 6.51. The van der Waals surface area contributed by atoms with Crippen molar-refractivity contribution in [1.29, 1.82) is 0 Å². The summed E-state index contributed by atoms with van der Waals surface area (Å²) in [5.41, 5.74) is -0.116. The monoisotopic (exact) mass is 286 g/mol. The van der Waals surface area contributed by atoms with Crippen LogP contribution in [0, 0.1) is 0 Å². The van der Waals surface area contributed by atoms with Crippen molar-refractivity contribution < 1.29 is 9.78 Å². The first-order valence-electron chi connectivity index (χ1n) is 8.29. The Morgan fingerprint density at radius 1 is 1.05 bits per heavy atom. The van der Waals surface area contributed by atoms with Crippen LogP contribution in [0.5, 0.6) is 0 Å². The molecule has 0 aliphatic heterocycles. The van der Waals surface area contributed by atoms with Gasteiger partial charge in [-0.3, -0.25) is 0 Å². The van der Waals surface area contributed by atoms with Crippen LogP contribution in [0.15, 0.2) is 0 Å². The molecule has 0 bridgehead atoms. The Labute approximate surface area is 124 Å². The first-order chi connectivity index (χ1) is 9.27. The van der Waals surface area contributed by atoms with Crippen LogP contribution in [-0.2, 0) is 9.78 Å². The molecular weight excluding hydrogens is 256 g/mol. The lowest BCUT2D eigenvalue weighted by Gasteiger charge is -2.41. The Morgan fingerprint density at radius 2 is 1.79 bits per heavy atom. The molecule has 0 aromatic heterocycles. The Hall–Kier alpha value is 0.270. The van der Waals surface area contributed by atoms with E-state index in [1.54, 1.807) is 0 Å². The molecule has 2 unspecified atom stereocenters. The fourth-order valence-electron chi connectivity index (χ4n) is 3.42. The van der Waals surface area contributed by atoms with Crippen LogP contribution in [0.25, 0.3) is 0 Å². The second kappa shape index (κ2) is 7.90. The summed E-state index contributed by atoms with van der Waals surface area (Å²) in [6.07, 6.45) is 15.0. The molecule has 2 nitrogen and oxygen atoms in total. The molecule has 2 rings (SSSR count). The maximum Gasteiger partial charge on any atom is 0.115 e. The number of rotatable bonds is 6. The van der Waals surface area contributed by atoms with Crippen LogP contribution >= 0.6 is 12.6 Å². The summed E-state index contributed by atoms with van der Waals surface area (Å²) < 4.78 is 0. The number of hydrogen-bond donors (Lipinski definition) is 1. The lowest BCUT2D eigenvalue weighted by atomic mass is 9.81. The summed E-state index contributed by atoms with van der Waals surface area (Å²) in [5.74, 6) is 0. The lowest BCUT2D eigenvalue weighted by molar-refractivity contribution is -0.392. The predicted octanol–water partition coefficient (Wildman–Crippen LogP) is 5.07. The zero-order chi connectivity index (χ0) is 13.6. The average molecular weight is 286 g/mol. The molecule has 0 heterocycles. The molecule has 19 heavy (non-hydrogen) atoms. The third-order valence-corrected chi connectivity index (χ3v) is 5.52. The maximum atomic E-state index is 6.05. The lowest BCUT2D eigenvalue weighted by Crippen LogP contribution is -2.45. The molecule has 2 aliphatic carbocycles. The first-order valence-corrected chi connectivity index (χ1v) is 8.81. The predicted molar refractivity (Wildman–Crippen MR) is 82.5 cm³/mol. The second-order valence-corrected chi connectivity index (χ2v) is 6.99. The van der Waals surface area contributed by atoms with Crippen molar-refractivity contribution in [3.63, 3.8) is 0 Å². The minimum Gasteiger partial charge on any atom is -0.233 e. The number of hydrogen-bond acceptors (Lipinski definition) is 3. The molecule has 2 atom stereocenters. The standard InChI is InChI=1S/C16H30O2S/c1-2-3-12-16(13-8-7-11-15(16)19)18-17-14-9-5-4-6-10-14/h14-15,19H,2-13H2,1H3. The van der Waals surface area contributed by atoms with Crippen molar-refractivity contribution in [2.24, 2.45) is 0 Å². The van der Waals surface area contributed by atoms with Gasteiger partial charge in [0.15, 0.2) is 0 Å². The van der Waals surface area contributed by atoms with E-state index in [2.05, 4.69) is 6.92 Å². The van der Waals surface area contributed by atoms with E-state index in [4.69, 9.17) is 22.4 Å². The summed E-state index contributed by atoms with van der Waals surface area (Å²) in [6.45, 7) is 2.24. The maximum absolute atomic E-state index is 6.05. The van der Waals surface area contributed by atoms with Gasteiger partial charge in [0, 0.05) is 5.25 Å². The van der Waals surface area contributed by atoms with Gasteiger partial charge in [0.2, 0.25) is 0 Å². The van der Waals surface area contributed by atoms with Gasteiger partial charge in [-0.15, -0.1) is 0 Å². The van der Waals surface area contributed by atoms with Gasteiger partial charge in [0.25, 0.3) is 0 Å². The quantitative estimate of drug-likeness (QED) is 0.417. The van der Waals surface area contributed by atoms with E-state index in [1.165, 1.54) is 64.2 Å². The summed E-state index contributed by atoms with van der Waals surface area (Å²) >= 11 is 4.81. The van der Waals surface area contributed by atoms with Crippen LogP contribution in [-0.4, -0.2) is 17.0 Å². The molecule has 2 fully saturated rings. The van der Waals surface area contributed by atoms with Gasteiger partial charge in [0.05, 0.1) is 6.10 Å². The minimum atomic E-state index is -0.116. The van der Waals surface area contributed by atoms with Gasteiger partial charge in [-0.1, -0.05) is 51.9 Å². The second-order valence-electron chi connectivity index (χ2n) is 6.37. The fourth-order valence-corrected chi connectivity index (χ4v) is 3.91. The highest BCUT2D eigenvalue weighted by Crippen LogP contribution is 2.40. The van der Waals surface area contributed by atoms with Gasteiger partial charge in [-0.25, -0.2) is 9.78 Å². The summed E-state index contributed by atoms with van der Waals surface area (Å²) in [6, 6.07) is 0. The molecule has 0 aromatic rings. The molecule has 0 saturated heterocycles. The van der Waals surface area contributed by atoms with E-state index in [0.717, 1.165) is 12.8 Å². The molecule has 0 aromatic carbocycles. The van der Waals surface area contributed by atoms with Gasteiger partial charge in [-0.05, 0) is 32.1 Å². The zero-order valence-corrected chi connectivity index (χ0v) is 13.3. The largest absolute Gasteiger partial charge is 0.233 e. The minimum absolute atomic E-state index is 0.116. The average Bonchev–Trinajstić information content (AvgIpc) is 2.46. The van der Waals surface area contributed by atoms with Crippen LogP contribution in [0.3, 0.4) is 0 Å². The third kappa shape index (κ3) is 4.37. The van der Waals surface area contributed by atoms with E-state index >= 15 is 0 Å². The van der Waals surface area contributed by atoms with Crippen molar-refractivity contribution in [1.82, 2.24) is 0 Å². The molecule has 3 heteroatoms. The molecular formula is C16H30O2S. The zero-order valence-electron chi connectivity index (χ0n) is 12.4. The highest BCUT2D eigenvalue weighted by atomic mass is 32.1. The molecule has 0 spiro atoms. The van der Waals surface area contributed by atoms with E-state index in [9.17, 15) is 0 Å². The van der Waals surface area contributed by atoms with Crippen LogP contribution in [0.2, 0.25) is 0 Å². The molecule has 2 saturated carbocycles. The first kappa shape index (κ1) is 15.7. The van der Waals surface area contributed by atoms with Crippen molar-refractivity contribution in [2.45, 2.75) is 101 Å². The molecule has 2 aliphatic rings. The highest BCUT2D eigenvalue weighted by Gasteiger charge is 2.41. The van der Waals surface area contributed by atoms with Crippen LogP contribution in [0.4, 0.5) is 0 Å². The Balaban J connectivity index is 1.88. The van der Waals surface area contributed by atoms with Gasteiger partial charge in [-0.2, -0.15) is 12.6 Å². The van der Waals surface area contributed by atoms with Crippen molar-refractivity contribution in [2.75, 3.05) is 0 Å². The number of unbranched alkanes of at least 4 members (excludes halogenated alkanes) is 1. The molecule has 112 valence electrons. The van der Waals surface area contributed by atoms with Crippen molar-refractivity contribution in [3.8, 4) is 0 Å². The van der Waals surface area contributed by atoms with Crippen molar-refractivity contribution in [3.05, 3.63) is 0 Å². The fraction of sp³-hybridized carbons (Fsp3) is 1.00. The van der Waals surface area contributed by atoms with E-state index in [1.807, 2.05) is 0 Å². The third-order valence-electron chi connectivity index (χ3n) is 4.79. The van der Waals surface area contributed by atoms with Gasteiger partial charge < -0.3 is 0 Å². The number of thiol groups is 1. The molecule has 0 radical (unpaired) electrons. The van der Waals surface area contributed by atoms with Gasteiger partial charge in [0.1, 0.15) is 5.60 Å². The summed E-state index contributed by atoms with van der Waals surface area (Å²) in [5, 5.41) is 0.344. The SMILES string of the molecule is CCCCC1(OOC2CCCCC2)CCCCC1S. The Morgan fingerprint density at radius 3 is 2.47 bits per heavy atom. The normalized spacial score (nSPS) is 33.5. The van der Waals surface area contributed by atoms with Crippen LogP contribution in [0.1, 0.15) is 84.0 Å². The molecule has 0 N–H and O–H groups in total. The Bertz CT molecular complexity index is 253. The summed E-state index contributed by atoms with van der Waals surface area (Å²) in [7, 11) is 0. The topological polar surface area (TPSA) is 18.5 Å². The highest BCUT2D eigenvalue weighted by molar-refractivity contribution is 7.81.